The smallest absolute Gasteiger partial charge is 0.125 e. The highest BCUT2D eigenvalue weighted by Gasteiger charge is 2.12. The van der Waals surface area contributed by atoms with E-state index in [1.807, 2.05) is 18.3 Å². The van der Waals surface area contributed by atoms with E-state index in [2.05, 4.69) is 18.4 Å². The minimum atomic E-state index is 0.312. The maximum absolute atomic E-state index is 9.81. The number of hydrogen-bond acceptors (Lipinski definition) is 2. The largest absolute Gasteiger partial charge is 0.507 e. The summed E-state index contributed by atoms with van der Waals surface area (Å²) in [5.74, 6) is 0.312. The van der Waals surface area contributed by atoms with Gasteiger partial charge in [-0.2, -0.15) is 0 Å². The molecule has 1 aromatic heterocycles. The third-order valence-corrected chi connectivity index (χ3v) is 2.69. The molecule has 0 aliphatic rings. The summed E-state index contributed by atoms with van der Waals surface area (Å²) in [5.41, 5.74) is 7.72. The predicted octanol–water partition coefficient (Wildman–Crippen LogP) is 2.39. The molecule has 2 rings (SSSR count). The number of fused-ring (bicyclic) bond motifs is 1. The van der Waals surface area contributed by atoms with E-state index in [1.165, 1.54) is 0 Å². The molecule has 0 atom stereocenters. The number of phenols is 1. The molecule has 1 aromatic carbocycles. The Labute approximate surface area is 89.1 Å². The summed E-state index contributed by atoms with van der Waals surface area (Å²) in [4.78, 5) is 0. The van der Waals surface area contributed by atoms with Gasteiger partial charge in [-0.05, 0) is 31.5 Å². The van der Waals surface area contributed by atoms with E-state index in [0.717, 1.165) is 16.5 Å². The topological polar surface area (TPSA) is 51.2 Å². The zero-order valence-electron chi connectivity index (χ0n) is 9.07. The molecule has 0 spiro atoms. The van der Waals surface area contributed by atoms with Crippen LogP contribution in [0.3, 0.4) is 0 Å². The molecule has 0 saturated carbocycles. The molecule has 2 aromatic rings. The van der Waals surface area contributed by atoms with E-state index < -0.39 is 0 Å². The van der Waals surface area contributed by atoms with Crippen LogP contribution < -0.4 is 5.73 Å². The molecule has 1 heterocycles. The van der Waals surface area contributed by atoms with Gasteiger partial charge in [0.15, 0.2) is 0 Å². The average Bonchev–Trinajstić information content (AvgIpc) is 2.58. The quantitative estimate of drug-likeness (QED) is 0.789. The van der Waals surface area contributed by atoms with E-state index in [9.17, 15) is 5.11 Å². The number of benzene rings is 1. The lowest BCUT2D eigenvalue weighted by atomic mass is 10.1. The molecule has 3 nitrogen and oxygen atoms in total. The predicted molar refractivity (Wildman–Crippen MR) is 61.9 cm³/mol. The standard InChI is InChI=1S/C12H16N2O/c1-8(2)14-7-9(6-13)12-10(14)4-3-5-11(12)15/h3-5,7-8,15H,6,13H2,1-2H3. The number of rotatable bonds is 2. The van der Waals surface area contributed by atoms with Crippen LogP contribution in [0.1, 0.15) is 25.5 Å². The summed E-state index contributed by atoms with van der Waals surface area (Å²) in [5, 5.41) is 10.7. The first kappa shape index (κ1) is 10.1. The van der Waals surface area contributed by atoms with Gasteiger partial charge in [-0.1, -0.05) is 6.07 Å². The molecule has 0 radical (unpaired) electrons. The Bertz CT molecular complexity index is 486. The Hall–Kier alpha value is -1.48. The molecule has 0 bridgehead atoms. The number of aromatic hydroxyl groups is 1. The SMILES string of the molecule is CC(C)n1cc(CN)c2c(O)cccc21. The van der Waals surface area contributed by atoms with Gasteiger partial charge in [0.2, 0.25) is 0 Å². The fraction of sp³-hybridized carbons (Fsp3) is 0.333. The zero-order chi connectivity index (χ0) is 11.0. The highest BCUT2D eigenvalue weighted by atomic mass is 16.3. The Kier molecular flexibility index (Phi) is 2.40. The molecular weight excluding hydrogens is 188 g/mol. The van der Waals surface area contributed by atoms with Crippen LogP contribution in [0.5, 0.6) is 5.75 Å². The molecule has 3 heteroatoms. The monoisotopic (exact) mass is 204 g/mol. The third kappa shape index (κ3) is 1.49. The van der Waals surface area contributed by atoms with Crippen molar-refractivity contribution in [3.63, 3.8) is 0 Å². The molecule has 0 aliphatic carbocycles. The summed E-state index contributed by atoms with van der Waals surface area (Å²) in [6.07, 6.45) is 2.02. The van der Waals surface area contributed by atoms with Gasteiger partial charge in [-0.3, -0.25) is 0 Å². The summed E-state index contributed by atoms with van der Waals surface area (Å²) < 4.78 is 2.14. The van der Waals surface area contributed by atoms with Crippen LogP contribution in [-0.4, -0.2) is 9.67 Å². The van der Waals surface area contributed by atoms with Gasteiger partial charge in [0.1, 0.15) is 5.75 Å². The van der Waals surface area contributed by atoms with Gasteiger partial charge in [0.25, 0.3) is 0 Å². The van der Waals surface area contributed by atoms with Crippen LogP contribution in [-0.2, 0) is 6.54 Å². The van der Waals surface area contributed by atoms with Crippen molar-refractivity contribution in [1.29, 1.82) is 0 Å². The van der Waals surface area contributed by atoms with Crippen molar-refractivity contribution in [2.75, 3.05) is 0 Å². The van der Waals surface area contributed by atoms with Gasteiger partial charge in [-0.15, -0.1) is 0 Å². The van der Waals surface area contributed by atoms with Crippen molar-refractivity contribution < 1.29 is 5.11 Å². The van der Waals surface area contributed by atoms with Crippen LogP contribution in [0, 0.1) is 0 Å². The Morgan fingerprint density at radius 2 is 2.13 bits per heavy atom. The number of aromatic nitrogens is 1. The molecule has 0 fully saturated rings. The highest BCUT2D eigenvalue weighted by molar-refractivity contribution is 5.89. The average molecular weight is 204 g/mol. The number of phenolic OH excluding ortho intramolecular Hbond substituents is 1. The van der Waals surface area contributed by atoms with Crippen LogP contribution in [0.2, 0.25) is 0 Å². The van der Waals surface area contributed by atoms with E-state index in [0.29, 0.717) is 18.3 Å². The first-order chi connectivity index (χ1) is 7.15. The van der Waals surface area contributed by atoms with Crippen molar-refractivity contribution in [3.05, 3.63) is 30.0 Å². The second-order valence-corrected chi connectivity index (χ2v) is 4.03. The maximum atomic E-state index is 9.81. The lowest BCUT2D eigenvalue weighted by Gasteiger charge is -2.08. The Morgan fingerprint density at radius 1 is 1.40 bits per heavy atom. The molecule has 80 valence electrons. The normalized spacial score (nSPS) is 11.5. The van der Waals surface area contributed by atoms with E-state index in [1.54, 1.807) is 6.07 Å². The van der Waals surface area contributed by atoms with Crippen LogP contribution in [0.15, 0.2) is 24.4 Å². The lowest BCUT2D eigenvalue weighted by molar-refractivity contribution is 0.481. The number of nitrogens with two attached hydrogens (primary N) is 1. The van der Waals surface area contributed by atoms with Gasteiger partial charge in [-0.25, -0.2) is 0 Å². The zero-order valence-corrected chi connectivity index (χ0v) is 9.07. The van der Waals surface area contributed by atoms with E-state index in [-0.39, 0.29) is 0 Å². The maximum Gasteiger partial charge on any atom is 0.125 e. The van der Waals surface area contributed by atoms with Crippen LogP contribution in [0.25, 0.3) is 10.9 Å². The van der Waals surface area contributed by atoms with Gasteiger partial charge in [0.05, 0.1) is 5.52 Å². The Balaban J connectivity index is 2.81. The van der Waals surface area contributed by atoms with Crippen molar-refractivity contribution in [2.24, 2.45) is 5.73 Å². The molecule has 15 heavy (non-hydrogen) atoms. The molecule has 0 unspecified atom stereocenters. The van der Waals surface area contributed by atoms with E-state index in [4.69, 9.17) is 5.73 Å². The van der Waals surface area contributed by atoms with Crippen LogP contribution >= 0.6 is 0 Å². The second kappa shape index (κ2) is 3.59. The first-order valence-corrected chi connectivity index (χ1v) is 5.16. The summed E-state index contributed by atoms with van der Waals surface area (Å²) in [6.45, 7) is 4.68. The Morgan fingerprint density at radius 3 is 2.73 bits per heavy atom. The summed E-state index contributed by atoms with van der Waals surface area (Å²) in [6, 6.07) is 5.94. The van der Waals surface area contributed by atoms with Crippen molar-refractivity contribution in [1.82, 2.24) is 4.57 Å². The van der Waals surface area contributed by atoms with Crippen LogP contribution in [0.4, 0.5) is 0 Å². The third-order valence-electron chi connectivity index (χ3n) is 2.69. The highest BCUT2D eigenvalue weighted by Crippen LogP contribution is 2.31. The van der Waals surface area contributed by atoms with Gasteiger partial charge in [0, 0.05) is 24.2 Å². The first-order valence-electron chi connectivity index (χ1n) is 5.16. The fourth-order valence-electron chi connectivity index (χ4n) is 1.96. The van der Waals surface area contributed by atoms with Gasteiger partial charge < -0.3 is 15.4 Å². The van der Waals surface area contributed by atoms with Crippen molar-refractivity contribution >= 4 is 10.9 Å². The van der Waals surface area contributed by atoms with Gasteiger partial charge >= 0.3 is 0 Å². The number of hydrogen-bond donors (Lipinski definition) is 2. The second-order valence-electron chi connectivity index (χ2n) is 4.03. The number of nitrogens with zero attached hydrogens (tertiary/aromatic N) is 1. The molecule has 3 N–H and O–H groups in total. The lowest BCUT2D eigenvalue weighted by Crippen LogP contribution is -1.98. The summed E-state index contributed by atoms with van der Waals surface area (Å²) >= 11 is 0. The fourth-order valence-corrected chi connectivity index (χ4v) is 1.96. The van der Waals surface area contributed by atoms with Crippen molar-refractivity contribution in [3.8, 4) is 5.75 Å². The minimum Gasteiger partial charge on any atom is -0.507 e. The van der Waals surface area contributed by atoms with Crippen molar-refractivity contribution in [2.45, 2.75) is 26.4 Å². The molecule has 0 aliphatic heterocycles. The molecular formula is C12H16N2O. The molecule has 0 saturated heterocycles. The minimum absolute atomic E-state index is 0.312. The summed E-state index contributed by atoms with van der Waals surface area (Å²) in [7, 11) is 0. The molecule has 0 amide bonds. The van der Waals surface area contributed by atoms with E-state index >= 15 is 0 Å².